The summed E-state index contributed by atoms with van der Waals surface area (Å²) >= 11 is 0. The summed E-state index contributed by atoms with van der Waals surface area (Å²) in [7, 11) is 0. The third-order valence-corrected chi connectivity index (χ3v) is 4.45. The fourth-order valence-electron chi connectivity index (χ4n) is 3.66. The standard InChI is InChI=1S/C16H23NO2/c1-3-6-17-7-4-5-12-13(17)10-19-15-9-11(2)8-14(18)16(12)15/h8-9,12-13,18H,3-7,10H2,1-2H3/t12-,13+/m1/s1. The number of phenols is 1. The number of likely N-dealkylation sites (tertiary alicyclic amines) is 1. The highest BCUT2D eigenvalue weighted by Crippen LogP contribution is 2.45. The normalized spacial score (nSPS) is 26.4. The van der Waals surface area contributed by atoms with Gasteiger partial charge >= 0.3 is 0 Å². The molecule has 2 atom stereocenters. The van der Waals surface area contributed by atoms with Crippen LogP contribution in [-0.2, 0) is 0 Å². The summed E-state index contributed by atoms with van der Waals surface area (Å²) < 4.78 is 5.93. The van der Waals surface area contributed by atoms with Gasteiger partial charge in [-0.25, -0.2) is 0 Å². The first kappa shape index (κ1) is 12.8. The second kappa shape index (κ2) is 5.04. The highest BCUT2D eigenvalue weighted by molar-refractivity contribution is 5.51. The van der Waals surface area contributed by atoms with Gasteiger partial charge in [-0.3, -0.25) is 4.90 Å². The first-order valence-electron chi connectivity index (χ1n) is 7.41. The van der Waals surface area contributed by atoms with Gasteiger partial charge in [-0.1, -0.05) is 6.92 Å². The Balaban J connectivity index is 1.96. The third-order valence-electron chi connectivity index (χ3n) is 4.45. The van der Waals surface area contributed by atoms with E-state index in [1.54, 1.807) is 0 Å². The van der Waals surface area contributed by atoms with Gasteiger partial charge in [0, 0.05) is 11.5 Å². The molecule has 0 aromatic heterocycles. The van der Waals surface area contributed by atoms with Crippen molar-refractivity contribution in [1.82, 2.24) is 4.90 Å². The molecule has 104 valence electrons. The fraction of sp³-hybridized carbons (Fsp3) is 0.625. The fourth-order valence-corrected chi connectivity index (χ4v) is 3.66. The van der Waals surface area contributed by atoms with E-state index in [0.717, 1.165) is 36.4 Å². The highest BCUT2D eigenvalue weighted by Gasteiger charge is 2.38. The zero-order chi connectivity index (χ0) is 13.4. The Hall–Kier alpha value is -1.22. The lowest BCUT2D eigenvalue weighted by Gasteiger charge is -2.44. The molecule has 1 aromatic carbocycles. The first-order chi connectivity index (χ1) is 9.20. The van der Waals surface area contributed by atoms with E-state index in [2.05, 4.69) is 17.9 Å². The summed E-state index contributed by atoms with van der Waals surface area (Å²) in [6.45, 7) is 7.29. The van der Waals surface area contributed by atoms with E-state index in [0.29, 0.717) is 17.7 Å². The number of aromatic hydroxyl groups is 1. The first-order valence-corrected chi connectivity index (χ1v) is 7.41. The Morgan fingerprint density at radius 3 is 3.05 bits per heavy atom. The van der Waals surface area contributed by atoms with E-state index >= 15 is 0 Å². The van der Waals surface area contributed by atoms with Gasteiger partial charge in [0.1, 0.15) is 18.1 Å². The Labute approximate surface area is 115 Å². The van der Waals surface area contributed by atoms with Crippen molar-refractivity contribution >= 4 is 0 Å². The summed E-state index contributed by atoms with van der Waals surface area (Å²) in [4.78, 5) is 2.54. The molecule has 2 heterocycles. The van der Waals surface area contributed by atoms with Crippen molar-refractivity contribution in [3.05, 3.63) is 23.3 Å². The lowest BCUT2D eigenvalue weighted by atomic mass is 9.81. The number of fused-ring (bicyclic) bond motifs is 3. The van der Waals surface area contributed by atoms with Crippen LogP contribution < -0.4 is 4.74 Å². The largest absolute Gasteiger partial charge is 0.508 e. The molecule has 0 amide bonds. The number of ether oxygens (including phenoxy) is 1. The van der Waals surface area contributed by atoms with Crippen molar-refractivity contribution in [2.24, 2.45) is 0 Å². The molecule has 3 nitrogen and oxygen atoms in total. The summed E-state index contributed by atoms with van der Waals surface area (Å²) in [5.74, 6) is 1.75. The Morgan fingerprint density at radius 1 is 1.42 bits per heavy atom. The number of aryl methyl sites for hydroxylation is 1. The Morgan fingerprint density at radius 2 is 2.26 bits per heavy atom. The number of rotatable bonds is 2. The summed E-state index contributed by atoms with van der Waals surface area (Å²) in [6.07, 6.45) is 3.56. The molecular weight excluding hydrogens is 238 g/mol. The van der Waals surface area contributed by atoms with Crippen molar-refractivity contribution in [1.29, 1.82) is 0 Å². The van der Waals surface area contributed by atoms with Crippen molar-refractivity contribution in [2.45, 2.75) is 45.1 Å². The minimum absolute atomic E-state index is 0.419. The van der Waals surface area contributed by atoms with Crippen LogP contribution in [0.4, 0.5) is 0 Å². The van der Waals surface area contributed by atoms with Crippen LogP contribution in [-0.4, -0.2) is 35.7 Å². The molecule has 2 aliphatic rings. The zero-order valence-corrected chi connectivity index (χ0v) is 11.9. The molecule has 1 N–H and O–H groups in total. The van der Waals surface area contributed by atoms with E-state index in [9.17, 15) is 5.11 Å². The highest BCUT2D eigenvalue weighted by atomic mass is 16.5. The molecular formula is C16H23NO2. The molecule has 1 saturated heterocycles. The number of hydrogen-bond donors (Lipinski definition) is 1. The second-order valence-corrected chi connectivity index (χ2v) is 5.86. The summed E-state index contributed by atoms with van der Waals surface area (Å²) in [6, 6.07) is 4.36. The molecule has 3 heteroatoms. The molecule has 1 fully saturated rings. The molecule has 1 aromatic rings. The van der Waals surface area contributed by atoms with Crippen molar-refractivity contribution in [2.75, 3.05) is 19.7 Å². The second-order valence-electron chi connectivity index (χ2n) is 5.86. The number of piperidine rings is 1. The maximum Gasteiger partial charge on any atom is 0.126 e. The summed E-state index contributed by atoms with van der Waals surface area (Å²) in [5.41, 5.74) is 2.11. The van der Waals surface area contributed by atoms with E-state index in [4.69, 9.17) is 4.74 Å². The number of nitrogens with zero attached hydrogens (tertiary/aromatic N) is 1. The van der Waals surface area contributed by atoms with Gasteiger partial charge in [-0.2, -0.15) is 0 Å². The lowest BCUT2D eigenvalue weighted by Crippen LogP contribution is -2.49. The predicted molar refractivity (Wildman–Crippen MR) is 76.0 cm³/mol. The van der Waals surface area contributed by atoms with Gasteiger partial charge < -0.3 is 9.84 Å². The monoisotopic (exact) mass is 261 g/mol. The molecule has 0 saturated carbocycles. The minimum Gasteiger partial charge on any atom is -0.508 e. The zero-order valence-electron chi connectivity index (χ0n) is 11.9. The number of hydrogen-bond acceptors (Lipinski definition) is 3. The topological polar surface area (TPSA) is 32.7 Å². The molecule has 2 aliphatic heterocycles. The van der Waals surface area contributed by atoms with E-state index in [-0.39, 0.29) is 0 Å². The SMILES string of the molecule is CCCN1CCC[C@H]2c3c(O)cc(C)cc3OC[C@@H]21. The molecule has 0 spiro atoms. The van der Waals surface area contributed by atoms with Crippen LogP contribution in [0.15, 0.2) is 12.1 Å². The van der Waals surface area contributed by atoms with Crippen LogP contribution in [0, 0.1) is 6.92 Å². The van der Waals surface area contributed by atoms with Gasteiger partial charge in [0.05, 0.1) is 6.04 Å². The van der Waals surface area contributed by atoms with Crippen LogP contribution in [0.25, 0.3) is 0 Å². The van der Waals surface area contributed by atoms with Crippen LogP contribution in [0.1, 0.15) is 43.2 Å². The molecule has 0 aliphatic carbocycles. The number of benzene rings is 1. The van der Waals surface area contributed by atoms with Crippen molar-refractivity contribution < 1.29 is 9.84 Å². The lowest BCUT2D eigenvalue weighted by molar-refractivity contribution is 0.0646. The average molecular weight is 261 g/mol. The third kappa shape index (κ3) is 2.20. The molecule has 0 radical (unpaired) electrons. The average Bonchev–Trinajstić information content (AvgIpc) is 2.38. The maximum atomic E-state index is 10.3. The van der Waals surface area contributed by atoms with Crippen molar-refractivity contribution in [3.63, 3.8) is 0 Å². The number of phenolic OH excluding ortho intramolecular Hbond substituents is 1. The quantitative estimate of drug-likeness (QED) is 0.888. The molecule has 0 bridgehead atoms. The molecule has 3 rings (SSSR count). The van der Waals surface area contributed by atoms with Crippen LogP contribution >= 0.6 is 0 Å². The van der Waals surface area contributed by atoms with Crippen LogP contribution in [0.2, 0.25) is 0 Å². The van der Waals surface area contributed by atoms with E-state index < -0.39 is 0 Å². The Kier molecular flexibility index (Phi) is 3.40. The van der Waals surface area contributed by atoms with Gasteiger partial charge in [0.2, 0.25) is 0 Å². The summed E-state index contributed by atoms with van der Waals surface area (Å²) in [5, 5.41) is 10.3. The predicted octanol–water partition coefficient (Wildman–Crippen LogP) is 3.05. The van der Waals surface area contributed by atoms with Crippen LogP contribution in [0.5, 0.6) is 11.5 Å². The maximum absolute atomic E-state index is 10.3. The van der Waals surface area contributed by atoms with Gasteiger partial charge in [0.25, 0.3) is 0 Å². The van der Waals surface area contributed by atoms with Gasteiger partial charge in [-0.05, 0) is 57.0 Å². The van der Waals surface area contributed by atoms with E-state index in [1.165, 1.54) is 19.4 Å². The minimum atomic E-state index is 0.419. The van der Waals surface area contributed by atoms with Crippen LogP contribution in [0.3, 0.4) is 0 Å². The smallest absolute Gasteiger partial charge is 0.126 e. The molecule has 19 heavy (non-hydrogen) atoms. The van der Waals surface area contributed by atoms with Crippen molar-refractivity contribution in [3.8, 4) is 11.5 Å². The van der Waals surface area contributed by atoms with Gasteiger partial charge in [-0.15, -0.1) is 0 Å². The van der Waals surface area contributed by atoms with E-state index in [1.807, 2.05) is 13.0 Å². The van der Waals surface area contributed by atoms with Gasteiger partial charge in [0.15, 0.2) is 0 Å². The Bertz CT molecular complexity index is 470. The molecule has 0 unspecified atom stereocenters.